The molecule has 0 saturated carbocycles. The molecule has 1 aliphatic rings. The highest BCUT2D eigenvalue weighted by Crippen LogP contribution is 2.41. The van der Waals surface area contributed by atoms with Crippen LogP contribution in [0.2, 0.25) is 0 Å². The van der Waals surface area contributed by atoms with Gasteiger partial charge in [0, 0.05) is 13.0 Å². The van der Waals surface area contributed by atoms with Gasteiger partial charge < -0.3 is 29.6 Å². The first-order chi connectivity index (χ1) is 18.4. The maximum atomic E-state index is 13.4. The summed E-state index contributed by atoms with van der Waals surface area (Å²) >= 11 is 0. The van der Waals surface area contributed by atoms with Crippen LogP contribution in [-0.4, -0.2) is 39.3 Å². The van der Waals surface area contributed by atoms with E-state index in [1.54, 1.807) is 24.3 Å². The number of hydrogen-bond acceptors (Lipinski definition) is 6. The van der Waals surface area contributed by atoms with E-state index in [0.717, 1.165) is 33.4 Å². The minimum atomic E-state index is -0.356. The molecule has 0 spiro atoms. The second-order valence-corrected chi connectivity index (χ2v) is 9.63. The third-order valence-corrected chi connectivity index (χ3v) is 6.89. The molecular weight excluding hydrogens is 482 g/mol. The molecule has 196 valence electrons. The van der Waals surface area contributed by atoms with Crippen molar-refractivity contribution in [3.8, 4) is 17.2 Å². The van der Waals surface area contributed by atoms with E-state index in [-0.39, 0.29) is 30.1 Å². The van der Waals surface area contributed by atoms with Crippen LogP contribution in [0, 0.1) is 13.8 Å². The molecule has 8 heteroatoms. The summed E-state index contributed by atoms with van der Waals surface area (Å²) in [5.41, 5.74) is 6.72. The summed E-state index contributed by atoms with van der Waals surface area (Å²) in [4.78, 5) is 19.3. The maximum absolute atomic E-state index is 13.4. The van der Waals surface area contributed by atoms with Gasteiger partial charge in [0.25, 0.3) is 0 Å². The van der Waals surface area contributed by atoms with Crippen molar-refractivity contribution in [3.05, 3.63) is 106 Å². The first-order valence-electron chi connectivity index (χ1n) is 12.6. The Hall–Kier alpha value is -4.46. The molecule has 38 heavy (non-hydrogen) atoms. The van der Waals surface area contributed by atoms with E-state index in [9.17, 15) is 15.0 Å². The molecule has 0 bridgehead atoms. The zero-order valence-corrected chi connectivity index (χ0v) is 21.5. The van der Waals surface area contributed by atoms with E-state index in [1.807, 2.05) is 24.0 Å². The van der Waals surface area contributed by atoms with E-state index in [1.165, 1.54) is 12.7 Å². The van der Waals surface area contributed by atoms with Crippen molar-refractivity contribution >= 4 is 6.03 Å². The van der Waals surface area contributed by atoms with Crippen LogP contribution in [0.3, 0.4) is 0 Å². The average molecular weight is 514 g/mol. The van der Waals surface area contributed by atoms with Gasteiger partial charge in [-0.05, 0) is 72.4 Å². The number of oxazole rings is 1. The van der Waals surface area contributed by atoms with Crippen molar-refractivity contribution in [2.75, 3.05) is 13.2 Å². The lowest BCUT2D eigenvalue weighted by atomic mass is 9.85. The maximum Gasteiger partial charge on any atom is 0.318 e. The average Bonchev–Trinajstić information content (AvgIpc) is 3.41. The fourth-order valence-corrected chi connectivity index (χ4v) is 5.02. The molecule has 0 radical (unpaired) electrons. The van der Waals surface area contributed by atoms with Crippen LogP contribution in [-0.2, 0) is 19.4 Å². The lowest BCUT2D eigenvalue weighted by Gasteiger charge is -2.38. The van der Waals surface area contributed by atoms with Gasteiger partial charge in [-0.25, -0.2) is 9.78 Å². The predicted octanol–water partition coefficient (Wildman–Crippen LogP) is 5.18. The highest BCUT2D eigenvalue weighted by Gasteiger charge is 2.34. The topological polar surface area (TPSA) is 108 Å². The number of carbonyl (C=O) groups is 1. The summed E-state index contributed by atoms with van der Waals surface area (Å²) in [5, 5.41) is 23.4. The monoisotopic (exact) mass is 513 g/mol. The number of urea groups is 1. The number of phenols is 2. The molecule has 0 aliphatic carbocycles. The molecule has 2 heterocycles. The minimum Gasteiger partial charge on any atom is -0.508 e. The van der Waals surface area contributed by atoms with Gasteiger partial charge in [0.15, 0.2) is 17.9 Å². The fourth-order valence-electron chi connectivity index (χ4n) is 5.02. The summed E-state index contributed by atoms with van der Waals surface area (Å²) in [7, 11) is 0. The molecule has 0 saturated heterocycles. The number of rotatable bonds is 7. The van der Waals surface area contributed by atoms with Crippen molar-refractivity contribution in [1.82, 2.24) is 15.2 Å². The fraction of sp³-hybridized carbons (Fsp3) is 0.267. The Balaban J connectivity index is 1.44. The first-order valence-corrected chi connectivity index (χ1v) is 12.6. The molecule has 2 amide bonds. The summed E-state index contributed by atoms with van der Waals surface area (Å²) in [6, 6.07) is 16.3. The Morgan fingerprint density at radius 3 is 2.76 bits per heavy atom. The second kappa shape index (κ2) is 10.9. The number of aryl methyl sites for hydroxylation is 2. The highest BCUT2D eigenvalue weighted by molar-refractivity contribution is 5.76. The molecule has 1 aromatic heterocycles. The highest BCUT2D eigenvalue weighted by atomic mass is 16.5. The van der Waals surface area contributed by atoms with Crippen LogP contribution >= 0.6 is 0 Å². The molecule has 1 aliphatic heterocycles. The Morgan fingerprint density at radius 2 is 2.00 bits per heavy atom. The van der Waals surface area contributed by atoms with Crippen molar-refractivity contribution in [3.63, 3.8) is 0 Å². The van der Waals surface area contributed by atoms with E-state index in [2.05, 4.69) is 35.4 Å². The van der Waals surface area contributed by atoms with Crippen LogP contribution in [0.5, 0.6) is 17.2 Å². The second-order valence-electron chi connectivity index (χ2n) is 9.63. The summed E-state index contributed by atoms with van der Waals surface area (Å²) in [6.45, 7) is 5.18. The number of aromatic hydroxyl groups is 2. The smallest absolute Gasteiger partial charge is 0.318 e. The number of amides is 2. The third-order valence-electron chi connectivity index (χ3n) is 6.89. The largest absolute Gasteiger partial charge is 0.508 e. The lowest BCUT2D eigenvalue weighted by Crippen LogP contribution is -2.46. The summed E-state index contributed by atoms with van der Waals surface area (Å²) in [5.74, 6) is 0.642. The summed E-state index contributed by atoms with van der Waals surface area (Å²) < 4.78 is 11.0. The number of nitrogens with one attached hydrogen (secondary N) is 1. The SMILES string of the molecule is Cc1ccc(C2c3cc(OCCc4cccc(O)c4)c(O)cc3CCN2C(=O)NCc2cocn2)c(C)c1. The Labute approximate surface area is 221 Å². The van der Waals surface area contributed by atoms with Crippen molar-refractivity contribution in [2.45, 2.75) is 39.3 Å². The summed E-state index contributed by atoms with van der Waals surface area (Å²) in [6.07, 6.45) is 4.02. The number of fused-ring (bicyclic) bond motifs is 1. The van der Waals surface area contributed by atoms with Crippen LogP contribution in [0.1, 0.15) is 45.1 Å². The number of hydrogen-bond donors (Lipinski definition) is 3. The lowest BCUT2D eigenvalue weighted by molar-refractivity contribution is 0.179. The number of phenolic OH excluding ortho intramolecular Hbond substituents is 2. The molecule has 1 unspecified atom stereocenters. The Bertz CT molecular complexity index is 1430. The zero-order valence-electron chi connectivity index (χ0n) is 21.5. The van der Waals surface area contributed by atoms with Gasteiger partial charge in [0.05, 0.1) is 24.9 Å². The van der Waals surface area contributed by atoms with E-state index in [0.29, 0.717) is 37.4 Å². The van der Waals surface area contributed by atoms with Crippen LogP contribution in [0.25, 0.3) is 0 Å². The number of benzene rings is 3. The van der Waals surface area contributed by atoms with Crippen molar-refractivity contribution in [2.24, 2.45) is 0 Å². The third kappa shape index (κ3) is 5.44. The standard InChI is InChI=1S/C30H31N3O5/c1-19-6-7-25(20(2)12-19)29-26-15-28(38-11-9-21-4-3-5-24(34)13-21)27(35)14-22(26)8-10-33(29)30(36)31-16-23-17-37-18-32-23/h3-7,12-15,17-18,29,34-35H,8-11,16H2,1-2H3,(H,31,36). The van der Waals surface area contributed by atoms with Gasteiger partial charge in [0.2, 0.25) is 0 Å². The van der Waals surface area contributed by atoms with E-state index >= 15 is 0 Å². The Morgan fingerprint density at radius 1 is 1.13 bits per heavy atom. The van der Waals surface area contributed by atoms with Gasteiger partial charge >= 0.3 is 6.03 Å². The van der Waals surface area contributed by atoms with Gasteiger partial charge in [-0.3, -0.25) is 0 Å². The molecular formula is C30H31N3O5. The number of aromatic nitrogens is 1. The molecule has 0 fully saturated rings. The molecule has 3 N–H and O–H groups in total. The molecule has 3 aromatic carbocycles. The predicted molar refractivity (Wildman–Crippen MR) is 142 cm³/mol. The van der Waals surface area contributed by atoms with Crippen LogP contribution in [0.4, 0.5) is 4.79 Å². The van der Waals surface area contributed by atoms with E-state index in [4.69, 9.17) is 9.15 Å². The zero-order chi connectivity index (χ0) is 26.6. The number of carbonyl (C=O) groups excluding carboxylic acids is 1. The first kappa shape index (κ1) is 25.2. The Kier molecular flexibility index (Phi) is 7.22. The van der Waals surface area contributed by atoms with Gasteiger partial charge in [-0.2, -0.15) is 0 Å². The quantitative estimate of drug-likeness (QED) is 0.314. The molecule has 4 aromatic rings. The van der Waals surface area contributed by atoms with Gasteiger partial charge in [-0.15, -0.1) is 0 Å². The minimum absolute atomic E-state index is 0.0722. The van der Waals surface area contributed by atoms with Crippen LogP contribution < -0.4 is 10.1 Å². The molecule has 8 nitrogen and oxygen atoms in total. The molecule has 1 atom stereocenters. The molecule has 5 rings (SSSR count). The number of ether oxygens (including phenoxy) is 1. The van der Waals surface area contributed by atoms with Crippen molar-refractivity contribution in [1.29, 1.82) is 0 Å². The van der Waals surface area contributed by atoms with Gasteiger partial charge in [-0.1, -0.05) is 35.9 Å². The van der Waals surface area contributed by atoms with Gasteiger partial charge in [0.1, 0.15) is 12.0 Å². The van der Waals surface area contributed by atoms with Crippen molar-refractivity contribution < 1.29 is 24.2 Å². The van der Waals surface area contributed by atoms with E-state index < -0.39 is 0 Å². The van der Waals surface area contributed by atoms with Crippen LogP contribution in [0.15, 0.2) is 71.7 Å². The normalized spacial score (nSPS) is 14.7. The number of nitrogens with zero attached hydrogens (tertiary/aromatic N) is 2.